The second kappa shape index (κ2) is 11.8. The molecule has 6 radical (unpaired) electrons. The van der Waals surface area contributed by atoms with Crippen molar-refractivity contribution in [1.82, 2.24) is 0 Å². The molecule has 0 unspecified atom stereocenters. The molecule has 0 aromatic rings. The van der Waals surface area contributed by atoms with Gasteiger partial charge in [-0.25, -0.2) is 0 Å². The molecule has 0 bridgehead atoms. The summed E-state index contributed by atoms with van der Waals surface area (Å²) in [5.41, 5.74) is 0. The predicted octanol–water partition coefficient (Wildman–Crippen LogP) is 13.3. The van der Waals surface area contributed by atoms with E-state index in [4.69, 9.17) is 0 Å². The van der Waals surface area contributed by atoms with Crippen molar-refractivity contribution in [3.05, 3.63) is 0 Å². The SMILES string of the molecule is CC(C)(C)[Si](C)([Si]1[Si]([Si](C)(C(C)(C)C)C(C)(C)C)[Si]1([Si](C)(C(C)(C)C)C(C)(C)C)[Si](C)(C(C)(C)C)C(C)(C)C)C(C)(C)C.[Ge]. The second-order valence-electron chi connectivity index (χ2n) is 24.0. The summed E-state index contributed by atoms with van der Waals surface area (Å²) >= 11 is 0. The molecule has 8 heteroatoms. The third-order valence-corrected chi connectivity index (χ3v) is 191. The Kier molecular flexibility index (Phi) is 12.4. The molecule has 1 saturated heterocycles. The van der Waals surface area contributed by atoms with Crippen LogP contribution in [0.3, 0.4) is 0 Å². The number of rotatable bonds is 4. The molecular weight excluding hydrogens is 702 g/mol. The van der Waals surface area contributed by atoms with Crippen LogP contribution < -0.4 is 0 Å². The van der Waals surface area contributed by atoms with Gasteiger partial charge in [0.2, 0.25) is 0 Å². The van der Waals surface area contributed by atoms with Gasteiger partial charge in [0, 0.05) is 68.8 Å². The Bertz CT molecular complexity index is 882. The topological polar surface area (TPSA) is 0 Å². The van der Waals surface area contributed by atoms with Crippen molar-refractivity contribution in [1.29, 1.82) is 0 Å². The van der Waals surface area contributed by atoms with Gasteiger partial charge in [-0.05, 0) is 40.3 Å². The van der Waals surface area contributed by atoms with Crippen LogP contribution in [0.5, 0.6) is 0 Å². The van der Waals surface area contributed by atoms with Crippen molar-refractivity contribution in [3.8, 4) is 0 Å². The molecule has 0 amide bonds. The van der Waals surface area contributed by atoms with Gasteiger partial charge in [0.1, 0.15) is 0 Å². The molecule has 0 aliphatic carbocycles. The van der Waals surface area contributed by atoms with Crippen molar-refractivity contribution < 1.29 is 0 Å². The zero-order chi connectivity index (χ0) is 35.7. The molecule has 0 N–H and O–H groups in total. The number of hydrogen-bond donors (Lipinski definition) is 0. The van der Waals surface area contributed by atoms with Gasteiger partial charge in [-0.3, -0.25) is 0 Å². The largest absolute Gasteiger partial charge is 0.0710 e. The maximum absolute atomic E-state index is 3.10. The van der Waals surface area contributed by atoms with Gasteiger partial charge in [0.15, 0.2) is 0 Å². The number of hydrogen-bond acceptors (Lipinski definition) is 0. The average Bonchev–Trinajstić information content (AvgIpc) is 3.35. The fourth-order valence-electron chi connectivity index (χ4n) is 11.3. The summed E-state index contributed by atoms with van der Waals surface area (Å²) in [6.45, 7) is 78.5. The molecule has 1 rings (SSSR count). The minimum atomic E-state index is -1.92. The van der Waals surface area contributed by atoms with Crippen LogP contribution >= 0.6 is 0 Å². The van der Waals surface area contributed by atoms with Crippen LogP contribution in [0.2, 0.25) is 66.5 Å². The zero-order valence-corrected chi connectivity index (χ0v) is 45.1. The van der Waals surface area contributed by atoms with E-state index in [0.717, 1.165) is 0 Å². The Morgan fingerprint density at radius 3 is 0.523 bits per heavy atom. The minimum Gasteiger partial charge on any atom is -0.0710 e. The summed E-state index contributed by atoms with van der Waals surface area (Å²) < 4.78 is 0. The standard InChI is InChI=1S/C36H84Si7.Ge/c1-29(2,3)39(25,30(4,5)6)37-38(40(26,31(7,8)9)32(10,11)12)43(37,41(27,33(13,14)15)34(16,17)18)42(28,35(19,20)21)36(22,23)24;/h1-28H3;. The van der Waals surface area contributed by atoms with Gasteiger partial charge in [0.25, 0.3) is 0 Å². The fourth-order valence-corrected chi connectivity index (χ4v) is 379. The maximum atomic E-state index is 3.10. The summed E-state index contributed by atoms with van der Waals surface area (Å²) in [6, 6.07) is 0. The van der Waals surface area contributed by atoms with Crippen LogP contribution in [0, 0.1) is 0 Å². The molecule has 1 aliphatic rings. The van der Waals surface area contributed by atoms with E-state index in [-0.39, 0.29) is 17.6 Å². The molecule has 0 atom stereocenters. The van der Waals surface area contributed by atoms with Crippen LogP contribution in [0.15, 0.2) is 0 Å². The minimum absolute atomic E-state index is 0. The van der Waals surface area contributed by atoms with E-state index in [2.05, 4.69) is 192 Å². The Labute approximate surface area is 299 Å². The molecule has 0 nitrogen and oxygen atoms in total. The summed E-state index contributed by atoms with van der Waals surface area (Å²) in [4.78, 5) is 0. The molecule has 44 heavy (non-hydrogen) atoms. The first kappa shape index (κ1) is 46.1. The molecular formula is C36H84GeSi7. The molecule has 0 aromatic heterocycles. The quantitative estimate of drug-likeness (QED) is 0.249. The summed E-state index contributed by atoms with van der Waals surface area (Å²) in [5, 5.41) is 3.30. The molecule has 1 fully saturated rings. The molecule has 1 heterocycles. The zero-order valence-electron chi connectivity index (χ0n) is 36.0. The van der Waals surface area contributed by atoms with Crippen LogP contribution in [-0.4, -0.2) is 68.8 Å². The first-order chi connectivity index (χ1) is 18.0. The third-order valence-electron chi connectivity index (χ3n) is 15.4. The monoisotopic (exact) mass is 786 g/mol. The van der Waals surface area contributed by atoms with Gasteiger partial charge >= 0.3 is 0 Å². The van der Waals surface area contributed by atoms with Crippen molar-refractivity contribution >= 4 is 68.8 Å². The van der Waals surface area contributed by atoms with Gasteiger partial charge in [-0.1, -0.05) is 192 Å². The summed E-state index contributed by atoms with van der Waals surface area (Å²) in [6.07, 6.45) is -1.87. The fraction of sp³-hybridized carbons (Fsp3) is 1.00. The Morgan fingerprint density at radius 1 is 0.295 bits per heavy atom. The van der Waals surface area contributed by atoms with Gasteiger partial charge in [-0.2, -0.15) is 0 Å². The van der Waals surface area contributed by atoms with Crippen molar-refractivity contribution in [2.24, 2.45) is 0 Å². The van der Waals surface area contributed by atoms with E-state index in [1.165, 1.54) is 0 Å². The van der Waals surface area contributed by atoms with Crippen molar-refractivity contribution in [2.45, 2.75) is 233 Å². The van der Waals surface area contributed by atoms with Crippen molar-refractivity contribution in [2.75, 3.05) is 0 Å². The van der Waals surface area contributed by atoms with E-state index in [9.17, 15) is 0 Å². The van der Waals surface area contributed by atoms with Gasteiger partial charge in [0.05, 0.1) is 0 Å². The van der Waals surface area contributed by atoms with Gasteiger partial charge in [-0.15, -0.1) is 0 Å². The molecule has 260 valence electrons. The van der Waals surface area contributed by atoms with Crippen LogP contribution in [-0.2, 0) is 0 Å². The van der Waals surface area contributed by atoms with Gasteiger partial charge < -0.3 is 0 Å². The average molecular weight is 786 g/mol. The Hall–Kier alpha value is 2.06. The second-order valence-corrected chi connectivity index (χ2v) is 96.0. The Balaban J connectivity index is 0.0000185. The van der Waals surface area contributed by atoms with Crippen LogP contribution in [0.4, 0.5) is 0 Å². The first-order valence-corrected chi connectivity index (χ1v) is 39.8. The Morgan fingerprint density at radius 2 is 0.432 bits per heavy atom. The molecule has 0 aromatic carbocycles. The van der Waals surface area contributed by atoms with E-state index < -0.39 is 51.2 Å². The van der Waals surface area contributed by atoms with E-state index in [1.54, 1.807) is 0 Å². The third kappa shape index (κ3) is 5.86. The maximum Gasteiger partial charge on any atom is 0.0465 e. The smallest absolute Gasteiger partial charge is 0.0465 e. The molecule has 0 spiro atoms. The van der Waals surface area contributed by atoms with Crippen LogP contribution in [0.1, 0.15) is 166 Å². The summed E-state index contributed by atoms with van der Waals surface area (Å²) in [7, 11) is -8.60. The van der Waals surface area contributed by atoms with Crippen molar-refractivity contribution in [3.63, 3.8) is 0 Å². The van der Waals surface area contributed by atoms with Crippen LogP contribution in [0.25, 0.3) is 0 Å². The predicted molar refractivity (Wildman–Crippen MR) is 227 cm³/mol. The van der Waals surface area contributed by atoms with E-state index >= 15 is 0 Å². The van der Waals surface area contributed by atoms with E-state index in [1.807, 2.05) is 0 Å². The molecule has 0 saturated carbocycles. The van der Waals surface area contributed by atoms with E-state index in [0.29, 0.717) is 40.3 Å². The molecule has 1 aliphatic heterocycles. The summed E-state index contributed by atoms with van der Waals surface area (Å²) in [5.74, 6) is 0. The first-order valence-electron chi connectivity index (χ1n) is 17.8. The normalized spacial score (nSPS) is 19.6.